The summed E-state index contributed by atoms with van der Waals surface area (Å²) in [6.45, 7) is 5.57. The molecule has 0 bridgehead atoms. The summed E-state index contributed by atoms with van der Waals surface area (Å²) in [5.41, 5.74) is 4.18. The summed E-state index contributed by atoms with van der Waals surface area (Å²) in [5, 5.41) is 3.05. The molecule has 1 aliphatic heterocycles. The number of carbonyl (C=O) groups excluding carboxylic acids is 2. The van der Waals surface area contributed by atoms with E-state index in [1.165, 1.54) is 23.1 Å². The third-order valence-electron chi connectivity index (χ3n) is 5.35. The molecular formula is C24H19ClFN3O2S. The van der Waals surface area contributed by atoms with Crippen LogP contribution in [0, 0.1) is 26.6 Å². The van der Waals surface area contributed by atoms with Crippen molar-refractivity contribution in [3.63, 3.8) is 0 Å². The number of nitrogens with zero attached hydrogens (tertiary/aromatic N) is 2. The van der Waals surface area contributed by atoms with Gasteiger partial charge in [0.15, 0.2) is 5.11 Å². The number of halogens is 2. The van der Waals surface area contributed by atoms with Crippen LogP contribution < -0.4 is 10.2 Å². The summed E-state index contributed by atoms with van der Waals surface area (Å²) in [4.78, 5) is 27.2. The van der Waals surface area contributed by atoms with Crippen molar-refractivity contribution in [1.29, 1.82) is 0 Å². The Morgan fingerprint density at radius 1 is 1.03 bits per heavy atom. The fourth-order valence-electron chi connectivity index (χ4n) is 3.71. The molecule has 5 nitrogen and oxygen atoms in total. The van der Waals surface area contributed by atoms with Gasteiger partial charge in [0.25, 0.3) is 11.8 Å². The fraction of sp³-hybridized carbons (Fsp3) is 0.125. The SMILES string of the molecule is Cc1ccc(N2C(=O)/C(=C/c3cc(C)n(-c4cccc(F)c4)c3C)C(=O)NC2=S)cc1Cl. The maximum Gasteiger partial charge on any atom is 0.270 e. The molecule has 1 saturated heterocycles. The molecule has 2 heterocycles. The van der Waals surface area contributed by atoms with Crippen LogP contribution in [0.1, 0.15) is 22.5 Å². The molecule has 1 fully saturated rings. The number of carbonyl (C=O) groups is 2. The number of amides is 2. The molecule has 4 rings (SSSR count). The van der Waals surface area contributed by atoms with Crippen LogP contribution in [0.15, 0.2) is 54.1 Å². The zero-order valence-corrected chi connectivity index (χ0v) is 19.1. The third-order valence-corrected chi connectivity index (χ3v) is 6.04. The van der Waals surface area contributed by atoms with Crippen molar-refractivity contribution in [2.45, 2.75) is 20.8 Å². The van der Waals surface area contributed by atoms with Crippen LogP contribution in [0.2, 0.25) is 5.02 Å². The number of aromatic nitrogens is 1. The van der Waals surface area contributed by atoms with E-state index in [1.807, 2.05) is 31.4 Å². The molecule has 0 spiro atoms. The van der Waals surface area contributed by atoms with Crippen LogP contribution in [0.25, 0.3) is 11.8 Å². The topological polar surface area (TPSA) is 54.3 Å². The molecule has 2 aromatic carbocycles. The second-order valence-electron chi connectivity index (χ2n) is 7.53. The van der Waals surface area contributed by atoms with E-state index in [9.17, 15) is 14.0 Å². The summed E-state index contributed by atoms with van der Waals surface area (Å²) in [6, 6.07) is 13.2. The first kappa shape index (κ1) is 21.9. The number of hydrogen-bond acceptors (Lipinski definition) is 3. The van der Waals surface area contributed by atoms with Crippen LogP contribution >= 0.6 is 23.8 Å². The van der Waals surface area contributed by atoms with Gasteiger partial charge in [-0.3, -0.25) is 19.8 Å². The molecule has 2 amide bonds. The number of rotatable bonds is 3. The molecule has 8 heteroatoms. The first-order valence-electron chi connectivity index (χ1n) is 9.80. The monoisotopic (exact) mass is 467 g/mol. The highest BCUT2D eigenvalue weighted by molar-refractivity contribution is 7.80. The van der Waals surface area contributed by atoms with E-state index in [0.717, 1.165) is 17.0 Å². The van der Waals surface area contributed by atoms with E-state index < -0.39 is 11.8 Å². The molecule has 1 N–H and O–H groups in total. The van der Waals surface area contributed by atoms with Gasteiger partial charge in [-0.1, -0.05) is 23.7 Å². The van der Waals surface area contributed by atoms with E-state index in [1.54, 1.807) is 30.3 Å². The van der Waals surface area contributed by atoms with Gasteiger partial charge in [-0.15, -0.1) is 0 Å². The summed E-state index contributed by atoms with van der Waals surface area (Å²) in [6.07, 6.45) is 1.53. The van der Waals surface area contributed by atoms with Gasteiger partial charge in [-0.2, -0.15) is 0 Å². The van der Waals surface area contributed by atoms with E-state index in [0.29, 0.717) is 22.0 Å². The first-order chi connectivity index (χ1) is 15.2. The minimum Gasteiger partial charge on any atom is -0.318 e. The van der Waals surface area contributed by atoms with Crippen LogP contribution in [0.4, 0.5) is 10.1 Å². The minimum absolute atomic E-state index is 0.0118. The van der Waals surface area contributed by atoms with Crippen LogP contribution in [-0.4, -0.2) is 21.5 Å². The van der Waals surface area contributed by atoms with Crippen molar-refractivity contribution in [1.82, 2.24) is 9.88 Å². The molecule has 0 radical (unpaired) electrons. The van der Waals surface area contributed by atoms with E-state index in [4.69, 9.17) is 23.8 Å². The Labute approximate surface area is 195 Å². The number of hydrogen-bond donors (Lipinski definition) is 1. The van der Waals surface area contributed by atoms with E-state index in [2.05, 4.69) is 5.32 Å². The fourth-order valence-corrected chi connectivity index (χ4v) is 4.17. The standard InChI is InChI=1S/C24H19ClFN3O2S/c1-13-7-8-19(12-21(13)25)29-23(31)20(22(30)27-24(29)32)10-16-9-14(2)28(15(16)3)18-6-4-5-17(26)11-18/h4-12H,1-3H3,(H,27,30,32)/b20-10+. The molecule has 0 aliphatic carbocycles. The molecule has 32 heavy (non-hydrogen) atoms. The highest BCUT2D eigenvalue weighted by Gasteiger charge is 2.35. The summed E-state index contributed by atoms with van der Waals surface area (Å²) >= 11 is 11.5. The number of thiocarbonyl (C=S) groups is 1. The van der Waals surface area contributed by atoms with Crippen molar-refractivity contribution >= 4 is 52.5 Å². The zero-order valence-electron chi connectivity index (χ0n) is 17.6. The Hall–Kier alpha value is -3.29. The average Bonchev–Trinajstić information content (AvgIpc) is 3.00. The van der Waals surface area contributed by atoms with Crippen LogP contribution in [-0.2, 0) is 9.59 Å². The number of benzene rings is 2. The predicted octanol–water partition coefficient (Wildman–Crippen LogP) is 5.03. The first-order valence-corrected chi connectivity index (χ1v) is 10.6. The molecule has 0 atom stereocenters. The smallest absolute Gasteiger partial charge is 0.270 e. The lowest BCUT2D eigenvalue weighted by atomic mass is 10.1. The van der Waals surface area contributed by atoms with Crippen LogP contribution in [0.3, 0.4) is 0 Å². The van der Waals surface area contributed by atoms with Gasteiger partial charge in [-0.25, -0.2) is 4.39 Å². The van der Waals surface area contributed by atoms with Crippen molar-refractivity contribution in [3.8, 4) is 5.69 Å². The number of aryl methyl sites for hydroxylation is 2. The minimum atomic E-state index is -0.579. The largest absolute Gasteiger partial charge is 0.318 e. The molecule has 3 aromatic rings. The second-order valence-corrected chi connectivity index (χ2v) is 8.33. The Kier molecular flexibility index (Phi) is 5.71. The number of nitrogens with one attached hydrogen (secondary N) is 1. The zero-order chi connectivity index (χ0) is 23.2. The summed E-state index contributed by atoms with van der Waals surface area (Å²) in [5.74, 6) is -1.48. The lowest BCUT2D eigenvalue weighted by Gasteiger charge is -2.29. The molecule has 1 aliphatic rings. The van der Waals surface area contributed by atoms with Crippen molar-refractivity contribution in [2.24, 2.45) is 0 Å². The normalized spacial score (nSPS) is 15.5. The molecule has 1 aromatic heterocycles. The summed E-state index contributed by atoms with van der Waals surface area (Å²) in [7, 11) is 0. The maximum atomic E-state index is 13.7. The van der Waals surface area contributed by atoms with E-state index in [-0.39, 0.29) is 16.5 Å². The molecule has 162 valence electrons. The van der Waals surface area contributed by atoms with Crippen LogP contribution in [0.5, 0.6) is 0 Å². The predicted molar refractivity (Wildman–Crippen MR) is 128 cm³/mol. The Morgan fingerprint density at radius 3 is 2.47 bits per heavy atom. The van der Waals surface area contributed by atoms with Crippen molar-refractivity contribution < 1.29 is 14.0 Å². The average molecular weight is 468 g/mol. The quantitative estimate of drug-likeness (QED) is 0.334. The van der Waals surface area contributed by atoms with Gasteiger partial charge in [-0.05, 0) is 86.6 Å². The van der Waals surface area contributed by atoms with Gasteiger partial charge in [0, 0.05) is 22.1 Å². The second kappa shape index (κ2) is 8.33. The summed E-state index contributed by atoms with van der Waals surface area (Å²) < 4.78 is 15.6. The Bertz CT molecular complexity index is 1330. The maximum absolute atomic E-state index is 13.7. The lowest BCUT2D eigenvalue weighted by Crippen LogP contribution is -2.54. The van der Waals surface area contributed by atoms with Gasteiger partial charge >= 0.3 is 0 Å². The van der Waals surface area contributed by atoms with Gasteiger partial charge < -0.3 is 4.57 Å². The Balaban J connectivity index is 1.77. The van der Waals surface area contributed by atoms with Gasteiger partial charge in [0.2, 0.25) is 0 Å². The molecule has 0 unspecified atom stereocenters. The highest BCUT2D eigenvalue weighted by atomic mass is 35.5. The van der Waals surface area contributed by atoms with Gasteiger partial charge in [0.1, 0.15) is 11.4 Å². The third kappa shape index (κ3) is 3.85. The number of anilines is 1. The highest BCUT2D eigenvalue weighted by Crippen LogP contribution is 2.28. The van der Waals surface area contributed by atoms with Crippen molar-refractivity contribution in [2.75, 3.05) is 4.90 Å². The van der Waals surface area contributed by atoms with Crippen molar-refractivity contribution in [3.05, 3.63) is 87.5 Å². The Morgan fingerprint density at radius 2 is 1.78 bits per heavy atom. The van der Waals surface area contributed by atoms with Gasteiger partial charge in [0.05, 0.1) is 5.69 Å². The lowest BCUT2D eigenvalue weighted by molar-refractivity contribution is -0.122. The molecular weight excluding hydrogens is 449 g/mol. The molecule has 0 saturated carbocycles. The van der Waals surface area contributed by atoms with E-state index >= 15 is 0 Å².